The summed E-state index contributed by atoms with van der Waals surface area (Å²) >= 11 is 0. The van der Waals surface area contributed by atoms with E-state index in [4.69, 9.17) is 9.47 Å². The standard InChI is InChI=1S/C24H30N2O5/c1-16(2)23(24(29)31-15-22(28)25-14-19-10-6-12-30-19)26-21(27)13-18-9-5-8-17-7-3-4-11-20(17)18/h3-5,7-9,11,16,19,23H,6,10,12-15H2,1-2H3,(H,25,28)(H,26,27)/t19-,23-/m0/s1. The van der Waals surface area contributed by atoms with Crippen LogP contribution in [-0.2, 0) is 30.3 Å². The Morgan fingerprint density at radius 1 is 1.10 bits per heavy atom. The van der Waals surface area contributed by atoms with Gasteiger partial charge in [0.1, 0.15) is 6.04 Å². The molecule has 0 unspecified atom stereocenters. The zero-order chi connectivity index (χ0) is 22.2. The summed E-state index contributed by atoms with van der Waals surface area (Å²) < 4.78 is 10.6. The van der Waals surface area contributed by atoms with E-state index < -0.39 is 12.0 Å². The Balaban J connectivity index is 1.51. The third-order valence-electron chi connectivity index (χ3n) is 5.36. The van der Waals surface area contributed by atoms with Gasteiger partial charge in [0.05, 0.1) is 12.5 Å². The summed E-state index contributed by atoms with van der Waals surface area (Å²) in [6.45, 7) is 4.38. The van der Waals surface area contributed by atoms with E-state index in [1.807, 2.05) is 56.3 Å². The fraction of sp³-hybridized carbons (Fsp3) is 0.458. The van der Waals surface area contributed by atoms with Crippen LogP contribution >= 0.6 is 0 Å². The average Bonchev–Trinajstić information content (AvgIpc) is 3.28. The molecular weight excluding hydrogens is 396 g/mol. The van der Waals surface area contributed by atoms with Crippen LogP contribution in [0.3, 0.4) is 0 Å². The van der Waals surface area contributed by atoms with Gasteiger partial charge in [-0.2, -0.15) is 0 Å². The fourth-order valence-corrected chi connectivity index (χ4v) is 3.65. The van der Waals surface area contributed by atoms with Crippen molar-refractivity contribution < 1.29 is 23.9 Å². The van der Waals surface area contributed by atoms with E-state index in [1.54, 1.807) is 0 Å². The molecule has 2 aromatic carbocycles. The highest BCUT2D eigenvalue weighted by Gasteiger charge is 2.26. The molecule has 0 radical (unpaired) electrons. The first-order valence-corrected chi connectivity index (χ1v) is 10.7. The predicted octanol–water partition coefficient (Wildman–Crippen LogP) is 2.36. The molecule has 2 atom stereocenters. The van der Waals surface area contributed by atoms with Crippen molar-refractivity contribution in [1.29, 1.82) is 0 Å². The summed E-state index contributed by atoms with van der Waals surface area (Å²) in [5.41, 5.74) is 0.889. The monoisotopic (exact) mass is 426 g/mol. The first-order valence-electron chi connectivity index (χ1n) is 10.7. The molecule has 2 amide bonds. The van der Waals surface area contributed by atoms with Gasteiger partial charge in [-0.05, 0) is 35.1 Å². The van der Waals surface area contributed by atoms with Crippen molar-refractivity contribution >= 4 is 28.6 Å². The highest BCUT2D eigenvalue weighted by atomic mass is 16.5. The number of carbonyl (C=O) groups excluding carboxylic acids is 3. The highest BCUT2D eigenvalue weighted by molar-refractivity contribution is 5.92. The molecule has 1 aliphatic rings. The number of fused-ring (bicyclic) bond motifs is 1. The van der Waals surface area contributed by atoms with Crippen LogP contribution in [0.1, 0.15) is 32.3 Å². The number of hydrogen-bond donors (Lipinski definition) is 2. The number of ether oxygens (including phenoxy) is 2. The van der Waals surface area contributed by atoms with E-state index in [0.717, 1.165) is 29.2 Å². The van der Waals surface area contributed by atoms with Crippen molar-refractivity contribution in [2.24, 2.45) is 5.92 Å². The van der Waals surface area contributed by atoms with Crippen LogP contribution in [0.4, 0.5) is 0 Å². The third-order valence-corrected chi connectivity index (χ3v) is 5.36. The maximum absolute atomic E-state index is 12.7. The molecule has 2 aromatic rings. The third kappa shape index (κ3) is 6.52. The number of benzene rings is 2. The van der Waals surface area contributed by atoms with E-state index in [-0.39, 0.29) is 36.9 Å². The molecule has 0 aromatic heterocycles. The lowest BCUT2D eigenvalue weighted by atomic mass is 10.0. The van der Waals surface area contributed by atoms with E-state index in [1.165, 1.54) is 0 Å². The maximum Gasteiger partial charge on any atom is 0.329 e. The number of nitrogens with one attached hydrogen (secondary N) is 2. The SMILES string of the molecule is CC(C)[C@H](NC(=O)Cc1cccc2ccccc12)C(=O)OCC(=O)NC[C@@H]1CCCO1. The fourth-order valence-electron chi connectivity index (χ4n) is 3.65. The van der Waals surface area contributed by atoms with Gasteiger partial charge in [0.2, 0.25) is 5.91 Å². The molecule has 7 heteroatoms. The Bertz CT molecular complexity index is 916. The molecule has 166 valence electrons. The minimum atomic E-state index is -0.826. The number of esters is 1. The van der Waals surface area contributed by atoms with Gasteiger partial charge >= 0.3 is 5.97 Å². The predicted molar refractivity (Wildman–Crippen MR) is 117 cm³/mol. The summed E-state index contributed by atoms with van der Waals surface area (Å²) in [4.78, 5) is 37.1. The minimum Gasteiger partial charge on any atom is -0.454 e. The quantitative estimate of drug-likeness (QED) is 0.601. The van der Waals surface area contributed by atoms with Crippen LogP contribution in [0, 0.1) is 5.92 Å². The number of hydrogen-bond acceptors (Lipinski definition) is 5. The van der Waals surface area contributed by atoms with Crippen LogP contribution in [-0.4, -0.2) is 49.7 Å². The summed E-state index contributed by atoms with van der Waals surface area (Å²) in [6.07, 6.45) is 2.08. The molecule has 0 spiro atoms. The van der Waals surface area contributed by atoms with Crippen LogP contribution in [0.15, 0.2) is 42.5 Å². The number of amides is 2. The molecule has 1 fully saturated rings. The van der Waals surface area contributed by atoms with Crippen molar-refractivity contribution in [3.63, 3.8) is 0 Å². The largest absolute Gasteiger partial charge is 0.454 e. The summed E-state index contributed by atoms with van der Waals surface area (Å²) in [5, 5.41) is 7.54. The molecule has 0 saturated carbocycles. The lowest BCUT2D eigenvalue weighted by Gasteiger charge is -2.21. The van der Waals surface area contributed by atoms with E-state index >= 15 is 0 Å². The smallest absolute Gasteiger partial charge is 0.329 e. The van der Waals surface area contributed by atoms with E-state index in [2.05, 4.69) is 10.6 Å². The van der Waals surface area contributed by atoms with E-state index in [0.29, 0.717) is 13.2 Å². The van der Waals surface area contributed by atoms with Gasteiger partial charge in [-0.25, -0.2) is 4.79 Å². The van der Waals surface area contributed by atoms with Crippen molar-refractivity contribution in [3.05, 3.63) is 48.0 Å². The van der Waals surface area contributed by atoms with Gasteiger partial charge in [0.25, 0.3) is 5.91 Å². The average molecular weight is 427 g/mol. The summed E-state index contributed by atoms with van der Waals surface area (Å²) in [6, 6.07) is 12.8. The second kappa shape index (κ2) is 10.9. The van der Waals surface area contributed by atoms with Crippen molar-refractivity contribution in [2.45, 2.75) is 45.3 Å². The first-order chi connectivity index (χ1) is 14.9. The topological polar surface area (TPSA) is 93.7 Å². The second-order valence-electron chi connectivity index (χ2n) is 8.15. The van der Waals surface area contributed by atoms with Crippen molar-refractivity contribution in [1.82, 2.24) is 10.6 Å². The Labute approximate surface area is 182 Å². The van der Waals surface area contributed by atoms with Crippen molar-refractivity contribution in [2.75, 3.05) is 19.8 Å². The maximum atomic E-state index is 12.7. The van der Waals surface area contributed by atoms with Gasteiger partial charge in [-0.1, -0.05) is 56.3 Å². The molecule has 7 nitrogen and oxygen atoms in total. The molecule has 3 rings (SSSR count). The van der Waals surface area contributed by atoms with Crippen LogP contribution in [0.5, 0.6) is 0 Å². The lowest BCUT2D eigenvalue weighted by Crippen LogP contribution is -2.46. The van der Waals surface area contributed by atoms with Gasteiger partial charge in [-0.15, -0.1) is 0 Å². The molecule has 1 heterocycles. The Morgan fingerprint density at radius 2 is 1.87 bits per heavy atom. The lowest BCUT2D eigenvalue weighted by molar-refractivity contribution is -0.152. The second-order valence-corrected chi connectivity index (χ2v) is 8.15. The Kier molecular flexibility index (Phi) is 8.00. The molecule has 1 aliphatic heterocycles. The molecule has 2 N–H and O–H groups in total. The van der Waals surface area contributed by atoms with Crippen LogP contribution < -0.4 is 10.6 Å². The van der Waals surface area contributed by atoms with Gasteiger partial charge in [-0.3, -0.25) is 9.59 Å². The molecular formula is C24H30N2O5. The number of rotatable bonds is 9. The van der Waals surface area contributed by atoms with Gasteiger partial charge < -0.3 is 20.1 Å². The molecule has 1 saturated heterocycles. The Morgan fingerprint density at radius 3 is 2.61 bits per heavy atom. The molecule has 0 aliphatic carbocycles. The van der Waals surface area contributed by atoms with Crippen LogP contribution in [0.25, 0.3) is 10.8 Å². The molecule has 31 heavy (non-hydrogen) atoms. The summed E-state index contributed by atoms with van der Waals surface area (Å²) in [5.74, 6) is -1.45. The van der Waals surface area contributed by atoms with Crippen molar-refractivity contribution in [3.8, 4) is 0 Å². The Hall–Kier alpha value is -2.93. The number of carbonyl (C=O) groups is 3. The zero-order valence-corrected chi connectivity index (χ0v) is 18.1. The van der Waals surface area contributed by atoms with Gasteiger partial charge in [0, 0.05) is 13.2 Å². The van der Waals surface area contributed by atoms with E-state index in [9.17, 15) is 14.4 Å². The normalized spacial score (nSPS) is 16.8. The highest BCUT2D eigenvalue weighted by Crippen LogP contribution is 2.19. The van der Waals surface area contributed by atoms with Crippen LogP contribution in [0.2, 0.25) is 0 Å². The minimum absolute atomic E-state index is 0.0245. The van der Waals surface area contributed by atoms with Gasteiger partial charge in [0.15, 0.2) is 6.61 Å². The summed E-state index contributed by atoms with van der Waals surface area (Å²) in [7, 11) is 0. The first kappa shape index (κ1) is 22.7. The molecule has 0 bridgehead atoms. The zero-order valence-electron chi connectivity index (χ0n) is 18.1.